The number of benzene rings is 1. The van der Waals surface area contributed by atoms with Gasteiger partial charge in [-0.1, -0.05) is 18.2 Å². The molecule has 1 aromatic heterocycles. The number of sulfonamides is 1. The average Bonchev–Trinajstić information content (AvgIpc) is 3.11. The highest BCUT2D eigenvalue weighted by atomic mass is 32.2. The minimum Gasteiger partial charge on any atom is -0.340 e. The molecule has 1 amide bonds. The normalized spacial score (nSPS) is 15.8. The predicted octanol–water partition coefficient (Wildman–Crippen LogP) is 2.03. The van der Waals surface area contributed by atoms with Crippen LogP contribution in [0.2, 0.25) is 0 Å². The lowest BCUT2D eigenvalue weighted by molar-refractivity contribution is -0.131. The Morgan fingerprint density at radius 2 is 1.73 bits per heavy atom. The van der Waals surface area contributed by atoms with Gasteiger partial charge in [0.2, 0.25) is 15.9 Å². The van der Waals surface area contributed by atoms with E-state index in [1.165, 1.54) is 22.6 Å². The van der Waals surface area contributed by atoms with E-state index in [0.29, 0.717) is 18.0 Å². The van der Waals surface area contributed by atoms with E-state index < -0.39 is 10.0 Å². The molecule has 6 nitrogen and oxygen atoms in total. The molecule has 3 rings (SSSR count). The number of hydrogen-bond donors (Lipinski definition) is 0. The summed E-state index contributed by atoms with van der Waals surface area (Å²) < 4.78 is 26.6. The van der Waals surface area contributed by atoms with Crippen molar-refractivity contribution in [2.24, 2.45) is 0 Å². The van der Waals surface area contributed by atoms with Gasteiger partial charge in [-0.05, 0) is 36.1 Å². The average molecular weight is 393 g/mol. The van der Waals surface area contributed by atoms with E-state index in [9.17, 15) is 18.0 Å². The Morgan fingerprint density at radius 3 is 2.31 bits per heavy atom. The maximum atomic E-state index is 12.6. The maximum absolute atomic E-state index is 12.6. The zero-order valence-corrected chi connectivity index (χ0v) is 16.1. The van der Waals surface area contributed by atoms with E-state index >= 15 is 0 Å². The first-order chi connectivity index (χ1) is 12.4. The molecule has 2 aromatic rings. The number of piperazine rings is 1. The Hall–Kier alpha value is -2.03. The van der Waals surface area contributed by atoms with Gasteiger partial charge in [-0.2, -0.15) is 4.31 Å². The molecule has 8 heteroatoms. The van der Waals surface area contributed by atoms with Crippen LogP contribution in [0.15, 0.2) is 46.7 Å². The highest BCUT2D eigenvalue weighted by Gasteiger charge is 2.30. The Bertz CT molecular complexity index is 898. The van der Waals surface area contributed by atoms with E-state index in [0.717, 1.165) is 5.56 Å². The fourth-order valence-corrected chi connectivity index (χ4v) is 5.12. The third kappa shape index (κ3) is 4.03. The Kier molecular flexibility index (Phi) is 5.55. The van der Waals surface area contributed by atoms with Crippen LogP contribution in [0.5, 0.6) is 0 Å². The molecule has 1 aliphatic heterocycles. The summed E-state index contributed by atoms with van der Waals surface area (Å²) in [6.45, 7) is 2.81. The summed E-state index contributed by atoms with van der Waals surface area (Å²) in [4.78, 5) is 26.4. The van der Waals surface area contributed by atoms with E-state index in [1.54, 1.807) is 41.3 Å². The number of ketones is 1. The van der Waals surface area contributed by atoms with Crippen molar-refractivity contribution in [1.29, 1.82) is 0 Å². The minimum atomic E-state index is -3.52. The lowest BCUT2D eigenvalue weighted by Gasteiger charge is -2.34. The van der Waals surface area contributed by atoms with Crippen molar-refractivity contribution in [3.63, 3.8) is 0 Å². The molecule has 26 heavy (non-hydrogen) atoms. The molecule has 0 radical (unpaired) electrons. The monoisotopic (exact) mass is 392 g/mol. The van der Waals surface area contributed by atoms with Gasteiger partial charge in [0.15, 0.2) is 5.78 Å². The van der Waals surface area contributed by atoms with Crippen molar-refractivity contribution in [3.05, 3.63) is 52.2 Å². The number of Topliss-reactive ketones (excluding diaryl/α,β-unsaturated/α-hetero) is 1. The summed E-state index contributed by atoms with van der Waals surface area (Å²) in [6.07, 6.45) is 0.231. The minimum absolute atomic E-state index is 0.00608. The van der Waals surface area contributed by atoms with Crippen molar-refractivity contribution in [1.82, 2.24) is 9.21 Å². The first kappa shape index (κ1) is 18.8. The molecule has 1 fully saturated rings. The van der Waals surface area contributed by atoms with E-state index in [1.807, 2.05) is 5.38 Å². The summed E-state index contributed by atoms with van der Waals surface area (Å²) in [5.74, 6) is -0.0527. The van der Waals surface area contributed by atoms with Crippen LogP contribution in [-0.4, -0.2) is 55.5 Å². The molecular weight excluding hydrogens is 372 g/mol. The number of carbonyl (C=O) groups excluding carboxylic acids is 2. The second-order valence-electron chi connectivity index (χ2n) is 6.15. The molecular formula is C18H20N2O4S2. The first-order valence-electron chi connectivity index (χ1n) is 8.29. The number of rotatable bonds is 5. The van der Waals surface area contributed by atoms with Crippen LogP contribution in [0.25, 0.3) is 0 Å². The van der Waals surface area contributed by atoms with Gasteiger partial charge < -0.3 is 4.90 Å². The van der Waals surface area contributed by atoms with E-state index in [2.05, 4.69) is 0 Å². The lowest BCUT2D eigenvalue weighted by Crippen LogP contribution is -2.50. The number of nitrogens with zero attached hydrogens (tertiary/aromatic N) is 2. The molecule has 0 aliphatic carbocycles. The molecule has 1 aromatic carbocycles. The van der Waals surface area contributed by atoms with Crippen LogP contribution in [-0.2, 0) is 21.2 Å². The molecule has 1 saturated heterocycles. The second kappa shape index (κ2) is 7.69. The van der Waals surface area contributed by atoms with Crippen molar-refractivity contribution in [2.75, 3.05) is 26.2 Å². The molecule has 0 unspecified atom stereocenters. The zero-order valence-electron chi connectivity index (χ0n) is 14.4. The van der Waals surface area contributed by atoms with Gasteiger partial charge in [0.05, 0.1) is 16.2 Å². The largest absolute Gasteiger partial charge is 0.340 e. The van der Waals surface area contributed by atoms with E-state index in [4.69, 9.17) is 0 Å². The number of carbonyl (C=O) groups is 2. The van der Waals surface area contributed by atoms with Crippen LogP contribution in [0.4, 0.5) is 0 Å². The summed E-state index contributed by atoms with van der Waals surface area (Å²) in [6, 6.07) is 10.1. The highest BCUT2D eigenvalue weighted by molar-refractivity contribution is 7.89. The number of amides is 1. The molecule has 0 N–H and O–H groups in total. The first-order valence-corrected chi connectivity index (χ1v) is 10.6. The molecule has 2 heterocycles. The summed E-state index contributed by atoms with van der Waals surface area (Å²) in [7, 11) is -3.52. The Labute approximate surface area is 157 Å². The van der Waals surface area contributed by atoms with Gasteiger partial charge in [0, 0.05) is 26.2 Å². The van der Waals surface area contributed by atoms with Crippen molar-refractivity contribution >= 4 is 33.1 Å². The third-order valence-electron chi connectivity index (χ3n) is 4.33. The van der Waals surface area contributed by atoms with Crippen molar-refractivity contribution < 1.29 is 18.0 Å². The van der Waals surface area contributed by atoms with Crippen LogP contribution in [0.3, 0.4) is 0 Å². The Balaban J connectivity index is 1.59. The summed E-state index contributed by atoms with van der Waals surface area (Å²) in [5.41, 5.74) is 0.824. The van der Waals surface area contributed by atoms with Gasteiger partial charge in [0.25, 0.3) is 0 Å². The third-order valence-corrected chi connectivity index (χ3v) is 7.32. The van der Waals surface area contributed by atoms with E-state index in [-0.39, 0.29) is 36.1 Å². The SMILES string of the molecule is CC(=O)c1cc(CC(=O)N2CCN(S(=O)(=O)c3ccccc3)CC2)cs1. The highest BCUT2D eigenvalue weighted by Crippen LogP contribution is 2.19. The molecule has 1 aliphatic rings. The predicted molar refractivity (Wildman–Crippen MR) is 99.8 cm³/mol. The zero-order chi connectivity index (χ0) is 18.7. The van der Waals surface area contributed by atoms with Gasteiger partial charge >= 0.3 is 0 Å². The van der Waals surface area contributed by atoms with Crippen molar-refractivity contribution in [3.8, 4) is 0 Å². The number of thiophene rings is 1. The maximum Gasteiger partial charge on any atom is 0.243 e. The smallest absolute Gasteiger partial charge is 0.243 e. The van der Waals surface area contributed by atoms with Crippen LogP contribution < -0.4 is 0 Å². The molecule has 0 spiro atoms. The Morgan fingerprint density at radius 1 is 1.08 bits per heavy atom. The lowest BCUT2D eigenvalue weighted by atomic mass is 10.2. The fraction of sp³-hybridized carbons (Fsp3) is 0.333. The fourth-order valence-electron chi connectivity index (χ4n) is 2.86. The van der Waals surface area contributed by atoms with Crippen molar-refractivity contribution in [2.45, 2.75) is 18.2 Å². The van der Waals surface area contributed by atoms with Crippen LogP contribution in [0, 0.1) is 0 Å². The standard InChI is InChI=1S/C18H20N2O4S2/c1-14(21)17-11-15(13-25-17)12-18(22)19-7-9-20(10-8-19)26(23,24)16-5-3-2-4-6-16/h2-6,11,13H,7-10,12H2,1H3. The van der Waals surface area contributed by atoms with Gasteiger partial charge in [-0.15, -0.1) is 11.3 Å². The topological polar surface area (TPSA) is 74.8 Å². The van der Waals surface area contributed by atoms with Crippen LogP contribution >= 0.6 is 11.3 Å². The van der Waals surface area contributed by atoms with Gasteiger partial charge in [0.1, 0.15) is 0 Å². The molecule has 0 bridgehead atoms. The summed E-state index contributed by atoms with van der Waals surface area (Å²) in [5, 5.41) is 1.82. The molecule has 138 valence electrons. The van der Waals surface area contributed by atoms with Crippen LogP contribution in [0.1, 0.15) is 22.2 Å². The molecule has 0 atom stereocenters. The number of hydrogen-bond acceptors (Lipinski definition) is 5. The quantitative estimate of drug-likeness (QED) is 0.730. The van der Waals surface area contributed by atoms with Gasteiger partial charge in [-0.25, -0.2) is 8.42 Å². The summed E-state index contributed by atoms with van der Waals surface area (Å²) >= 11 is 1.34. The molecule has 0 saturated carbocycles. The van der Waals surface area contributed by atoms with Gasteiger partial charge in [-0.3, -0.25) is 9.59 Å². The second-order valence-corrected chi connectivity index (χ2v) is 9.00.